The first kappa shape index (κ1) is 13.3. The molecular weight excluding hydrogens is 242 g/mol. The second-order valence-corrected chi connectivity index (χ2v) is 4.56. The van der Waals surface area contributed by atoms with E-state index in [0.29, 0.717) is 17.9 Å². The minimum absolute atomic E-state index is 0.133. The lowest BCUT2D eigenvalue weighted by atomic mass is 10.1. The van der Waals surface area contributed by atoms with Crippen molar-refractivity contribution in [3.05, 3.63) is 46.4 Å². The van der Waals surface area contributed by atoms with Gasteiger partial charge < -0.3 is 9.73 Å². The minimum Gasteiger partial charge on any atom is -0.469 e. The number of hydrogen-bond acceptors (Lipinski definition) is 4. The molecule has 1 N–H and O–H groups in total. The van der Waals surface area contributed by atoms with Crippen molar-refractivity contribution >= 4 is 5.91 Å². The molecule has 0 aliphatic rings. The fraction of sp³-hybridized carbons (Fsp3) is 0.357. The third kappa shape index (κ3) is 2.65. The van der Waals surface area contributed by atoms with Gasteiger partial charge in [-0.05, 0) is 27.7 Å². The molecule has 2 heterocycles. The number of aryl methyl sites for hydroxylation is 4. The number of furan rings is 1. The maximum absolute atomic E-state index is 12.1. The molecule has 2 aromatic heterocycles. The quantitative estimate of drug-likeness (QED) is 0.917. The SMILES string of the molecule is Cc1coc(C)c1C(=O)NCc1c(C)ncnc1C. The van der Waals surface area contributed by atoms with Crippen molar-refractivity contribution in [2.24, 2.45) is 0 Å². The summed E-state index contributed by atoms with van der Waals surface area (Å²) in [6.07, 6.45) is 3.12. The summed E-state index contributed by atoms with van der Waals surface area (Å²) < 4.78 is 5.23. The van der Waals surface area contributed by atoms with E-state index in [1.165, 1.54) is 6.33 Å². The van der Waals surface area contributed by atoms with Crippen molar-refractivity contribution in [1.29, 1.82) is 0 Å². The lowest BCUT2D eigenvalue weighted by molar-refractivity contribution is 0.0948. The van der Waals surface area contributed by atoms with Crippen molar-refractivity contribution in [2.75, 3.05) is 0 Å². The Bertz CT molecular complexity index is 577. The molecule has 2 rings (SSSR count). The standard InChI is InChI=1S/C14H17N3O2/c1-8-6-19-11(4)13(8)14(18)15-5-12-9(2)16-7-17-10(12)3/h6-7H,5H2,1-4H3,(H,15,18). The van der Waals surface area contributed by atoms with E-state index >= 15 is 0 Å². The molecule has 1 amide bonds. The van der Waals surface area contributed by atoms with Gasteiger partial charge in [-0.3, -0.25) is 4.79 Å². The summed E-state index contributed by atoms with van der Waals surface area (Å²) in [6.45, 7) is 7.87. The molecule has 0 fully saturated rings. The normalized spacial score (nSPS) is 10.5. The van der Waals surface area contributed by atoms with Gasteiger partial charge in [-0.1, -0.05) is 0 Å². The smallest absolute Gasteiger partial charge is 0.255 e. The highest BCUT2D eigenvalue weighted by molar-refractivity contribution is 5.96. The highest BCUT2D eigenvalue weighted by Crippen LogP contribution is 2.15. The van der Waals surface area contributed by atoms with E-state index in [-0.39, 0.29) is 5.91 Å². The first-order valence-electron chi connectivity index (χ1n) is 6.10. The first-order chi connectivity index (χ1) is 9.00. The van der Waals surface area contributed by atoms with E-state index in [2.05, 4.69) is 15.3 Å². The van der Waals surface area contributed by atoms with E-state index in [4.69, 9.17) is 4.42 Å². The fourth-order valence-electron chi connectivity index (χ4n) is 2.04. The predicted octanol–water partition coefficient (Wildman–Crippen LogP) is 2.23. The van der Waals surface area contributed by atoms with Crippen LogP contribution in [-0.4, -0.2) is 15.9 Å². The van der Waals surface area contributed by atoms with E-state index in [1.54, 1.807) is 13.2 Å². The van der Waals surface area contributed by atoms with Crippen LogP contribution in [0.3, 0.4) is 0 Å². The number of carbonyl (C=O) groups is 1. The highest BCUT2D eigenvalue weighted by Gasteiger charge is 2.16. The molecule has 2 aromatic rings. The molecular formula is C14H17N3O2. The van der Waals surface area contributed by atoms with Crippen LogP contribution in [0.5, 0.6) is 0 Å². The molecule has 0 saturated heterocycles. The number of nitrogens with one attached hydrogen (secondary N) is 1. The third-order valence-corrected chi connectivity index (χ3v) is 3.19. The van der Waals surface area contributed by atoms with E-state index in [1.807, 2.05) is 20.8 Å². The second kappa shape index (κ2) is 5.22. The molecule has 19 heavy (non-hydrogen) atoms. The van der Waals surface area contributed by atoms with E-state index in [9.17, 15) is 4.79 Å². The summed E-state index contributed by atoms with van der Waals surface area (Å²) >= 11 is 0. The topological polar surface area (TPSA) is 68.0 Å². The van der Waals surface area contributed by atoms with Crippen molar-refractivity contribution in [3.63, 3.8) is 0 Å². The summed E-state index contributed by atoms with van der Waals surface area (Å²) in [6, 6.07) is 0. The van der Waals surface area contributed by atoms with E-state index in [0.717, 1.165) is 22.5 Å². The fourth-order valence-corrected chi connectivity index (χ4v) is 2.04. The highest BCUT2D eigenvalue weighted by atomic mass is 16.3. The summed E-state index contributed by atoms with van der Waals surface area (Å²) in [5, 5.41) is 2.89. The number of rotatable bonds is 3. The second-order valence-electron chi connectivity index (χ2n) is 4.56. The van der Waals surface area contributed by atoms with Crippen LogP contribution in [0.1, 0.15) is 38.6 Å². The Morgan fingerprint density at radius 3 is 2.37 bits per heavy atom. The zero-order valence-electron chi connectivity index (χ0n) is 11.6. The van der Waals surface area contributed by atoms with Gasteiger partial charge in [0.15, 0.2) is 0 Å². The largest absolute Gasteiger partial charge is 0.469 e. The maximum Gasteiger partial charge on any atom is 0.255 e. The molecule has 0 spiro atoms. The Labute approximate surface area is 112 Å². The molecule has 5 nitrogen and oxygen atoms in total. The van der Waals surface area contributed by atoms with Crippen molar-refractivity contribution in [1.82, 2.24) is 15.3 Å². The Balaban J connectivity index is 2.13. The van der Waals surface area contributed by atoms with Crippen LogP contribution < -0.4 is 5.32 Å². The van der Waals surface area contributed by atoms with Crippen LogP contribution in [0.2, 0.25) is 0 Å². The van der Waals surface area contributed by atoms with Gasteiger partial charge in [0.05, 0.1) is 11.8 Å². The van der Waals surface area contributed by atoms with Gasteiger partial charge in [0.1, 0.15) is 12.1 Å². The molecule has 0 atom stereocenters. The van der Waals surface area contributed by atoms with Crippen molar-refractivity contribution in [2.45, 2.75) is 34.2 Å². The van der Waals surface area contributed by atoms with Crippen LogP contribution >= 0.6 is 0 Å². The Kier molecular flexibility index (Phi) is 3.64. The first-order valence-corrected chi connectivity index (χ1v) is 6.10. The Morgan fingerprint density at radius 2 is 1.84 bits per heavy atom. The van der Waals surface area contributed by atoms with Gasteiger partial charge in [-0.15, -0.1) is 0 Å². The van der Waals surface area contributed by atoms with Crippen LogP contribution in [0.15, 0.2) is 17.0 Å². The third-order valence-electron chi connectivity index (χ3n) is 3.19. The lowest BCUT2D eigenvalue weighted by Gasteiger charge is -2.09. The van der Waals surface area contributed by atoms with E-state index < -0.39 is 0 Å². The summed E-state index contributed by atoms with van der Waals surface area (Å²) in [7, 11) is 0. The molecule has 0 bridgehead atoms. The van der Waals surface area contributed by atoms with Crippen LogP contribution in [0.4, 0.5) is 0 Å². The average molecular weight is 259 g/mol. The average Bonchev–Trinajstić information content (AvgIpc) is 2.68. The minimum atomic E-state index is -0.133. The number of amides is 1. The van der Waals surface area contributed by atoms with Gasteiger partial charge >= 0.3 is 0 Å². The molecule has 0 aliphatic heterocycles. The maximum atomic E-state index is 12.1. The van der Waals surface area contributed by atoms with Crippen LogP contribution in [-0.2, 0) is 6.54 Å². The van der Waals surface area contributed by atoms with Crippen molar-refractivity contribution in [3.8, 4) is 0 Å². The number of aromatic nitrogens is 2. The predicted molar refractivity (Wildman–Crippen MR) is 70.9 cm³/mol. The molecule has 0 aromatic carbocycles. The van der Waals surface area contributed by atoms with Gasteiger partial charge in [-0.2, -0.15) is 0 Å². The number of hydrogen-bond donors (Lipinski definition) is 1. The van der Waals surface area contributed by atoms with Crippen LogP contribution in [0.25, 0.3) is 0 Å². The lowest BCUT2D eigenvalue weighted by Crippen LogP contribution is -2.25. The number of carbonyl (C=O) groups excluding carboxylic acids is 1. The monoisotopic (exact) mass is 259 g/mol. The Hall–Kier alpha value is -2.17. The summed E-state index contributed by atoms with van der Waals surface area (Å²) in [4.78, 5) is 20.4. The molecule has 0 radical (unpaired) electrons. The zero-order chi connectivity index (χ0) is 14.0. The molecule has 0 unspecified atom stereocenters. The van der Waals surface area contributed by atoms with Gasteiger partial charge in [-0.25, -0.2) is 9.97 Å². The summed E-state index contributed by atoms with van der Waals surface area (Å²) in [5.41, 5.74) is 4.16. The molecule has 100 valence electrons. The molecule has 5 heteroatoms. The molecule has 0 saturated carbocycles. The molecule has 0 aliphatic carbocycles. The Morgan fingerprint density at radius 1 is 1.21 bits per heavy atom. The van der Waals surface area contributed by atoms with Gasteiger partial charge in [0, 0.05) is 29.1 Å². The van der Waals surface area contributed by atoms with Gasteiger partial charge in [0.2, 0.25) is 0 Å². The van der Waals surface area contributed by atoms with Crippen LogP contribution in [0, 0.1) is 27.7 Å². The van der Waals surface area contributed by atoms with Crippen molar-refractivity contribution < 1.29 is 9.21 Å². The number of nitrogens with zero attached hydrogens (tertiary/aromatic N) is 2. The summed E-state index contributed by atoms with van der Waals surface area (Å²) in [5.74, 6) is 0.499. The van der Waals surface area contributed by atoms with Gasteiger partial charge in [0.25, 0.3) is 5.91 Å². The zero-order valence-corrected chi connectivity index (χ0v) is 11.6.